The van der Waals surface area contributed by atoms with E-state index in [0.29, 0.717) is 0 Å². The Hall–Kier alpha value is -3.19. The molecule has 0 radical (unpaired) electrons. The van der Waals surface area contributed by atoms with Crippen molar-refractivity contribution in [2.24, 2.45) is 10.7 Å². The first-order valence-corrected chi connectivity index (χ1v) is 9.62. The number of alkyl halides is 1. The first-order chi connectivity index (χ1) is 14.5. The molecule has 1 aromatic heterocycles. The monoisotopic (exact) mass is 429 g/mol. The molecule has 0 bridgehead atoms. The molecule has 8 heteroatoms. The minimum absolute atomic E-state index is 0.0408. The van der Waals surface area contributed by atoms with Crippen LogP contribution in [-0.4, -0.2) is 24.3 Å². The van der Waals surface area contributed by atoms with Crippen molar-refractivity contribution in [2.45, 2.75) is 12.0 Å². The van der Waals surface area contributed by atoms with Crippen LogP contribution in [0.3, 0.4) is 0 Å². The summed E-state index contributed by atoms with van der Waals surface area (Å²) < 4.78 is 39.5. The fraction of sp³-hybridized carbons (Fsp3) is 0.182. The van der Waals surface area contributed by atoms with Gasteiger partial charge < -0.3 is 15.2 Å². The lowest BCUT2D eigenvalue weighted by Gasteiger charge is -2.31. The molecule has 2 aromatic carbocycles. The van der Waals surface area contributed by atoms with Crippen molar-refractivity contribution in [3.63, 3.8) is 0 Å². The van der Waals surface area contributed by atoms with Crippen LogP contribution in [0.4, 0.5) is 8.78 Å². The standard InChI is InChI=1S/C22H18ClF2N3O2/c23-19-10-15(14-4-2-1-3-5-14)11-20(27-19)30-16-6-7-18(25)17(12-16)22(13-24)8-9-29-21(26)28-22/h1-7,10-12H,8-9,13H2,(H2,26,28)/t22-/m1/s1. The van der Waals surface area contributed by atoms with Gasteiger partial charge in [0.25, 0.3) is 6.02 Å². The summed E-state index contributed by atoms with van der Waals surface area (Å²) in [6.45, 7) is -0.787. The van der Waals surface area contributed by atoms with E-state index < -0.39 is 18.0 Å². The molecule has 0 aliphatic carbocycles. The molecule has 30 heavy (non-hydrogen) atoms. The summed E-state index contributed by atoms with van der Waals surface area (Å²) in [6.07, 6.45) is 0.151. The maximum atomic E-state index is 14.6. The van der Waals surface area contributed by atoms with Crippen molar-refractivity contribution < 1.29 is 18.3 Å². The molecular weight excluding hydrogens is 412 g/mol. The molecule has 3 aromatic rings. The van der Waals surface area contributed by atoms with E-state index in [1.54, 1.807) is 12.1 Å². The van der Waals surface area contributed by atoms with E-state index in [1.807, 2.05) is 30.3 Å². The molecule has 2 heterocycles. The van der Waals surface area contributed by atoms with Crippen LogP contribution in [-0.2, 0) is 10.3 Å². The molecule has 1 aliphatic rings. The highest BCUT2D eigenvalue weighted by molar-refractivity contribution is 6.29. The second-order valence-electron chi connectivity index (χ2n) is 6.84. The number of rotatable bonds is 5. The second-order valence-corrected chi connectivity index (χ2v) is 7.23. The number of aliphatic imine (C=N–C) groups is 1. The summed E-state index contributed by atoms with van der Waals surface area (Å²) in [5.41, 5.74) is 5.95. The van der Waals surface area contributed by atoms with Crippen LogP contribution >= 0.6 is 11.6 Å². The Morgan fingerprint density at radius 3 is 2.63 bits per heavy atom. The summed E-state index contributed by atoms with van der Waals surface area (Å²) in [5, 5.41) is 0.246. The quantitative estimate of drug-likeness (QED) is 0.563. The molecule has 4 rings (SSSR count). The molecule has 0 spiro atoms. The van der Waals surface area contributed by atoms with Crippen LogP contribution in [0.5, 0.6) is 11.6 Å². The Balaban J connectivity index is 1.69. The number of amidine groups is 1. The molecule has 0 amide bonds. The van der Waals surface area contributed by atoms with Gasteiger partial charge in [0.15, 0.2) is 0 Å². The fourth-order valence-corrected chi connectivity index (χ4v) is 3.56. The molecule has 154 valence electrons. The van der Waals surface area contributed by atoms with Gasteiger partial charge in [-0.2, -0.15) is 0 Å². The van der Waals surface area contributed by atoms with Gasteiger partial charge in [-0.1, -0.05) is 41.9 Å². The Bertz CT molecular complexity index is 1090. The van der Waals surface area contributed by atoms with Gasteiger partial charge in [0.1, 0.15) is 28.9 Å². The summed E-state index contributed by atoms with van der Waals surface area (Å²) >= 11 is 6.16. The van der Waals surface area contributed by atoms with Gasteiger partial charge in [-0.3, -0.25) is 0 Å². The summed E-state index contributed by atoms with van der Waals surface area (Å²) in [5.74, 6) is -0.112. The fourth-order valence-electron chi connectivity index (χ4n) is 3.35. The lowest BCUT2D eigenvalue weighted by Crippen LogP contribution is -2.38. The second kappa shape index (κ2) is 8.28. The average Bonchev–Trinajstić information content (AvgIpc) is 2.75. The van der Waals surface area contributed by atoms with Gasteiger partial charge >= 0.3 is 0 Å². The van der Waals surface area contributed by atoms with Gasteiger partial charge in [0.2, 0.25) is 5.88 Å². The first-order valence-electron chi connectivity index (χ1n) is 9.24. The van der Waals surface area contributed by atoms with Crippen LogP contribution in [0.1, 0.15) is 12.0 Å². The Morgan fingerprint density at radius 1 is 1.10 bits per heavy atom. The van der Waals surface area contributed by atoms with E-state index in [2.05, 4.69) is 9.98 Å². The summed E-state index contributed by atoms with van der Waals surface area (Å²) in [4.78, 5) is 8.22. The number of hydrogen-bond donors (Lipinski definition) is 1. The predicted octanol–water partition coefficient (Wildman–Crippen LogP) is 5.23. The molecule has 0 saturated carbocycles. The zero-order valence-electron chi connectivity index (χ0n) is 15.8. The number of ether oxygens (including phenoxy) is 2. The molecule has 0 unspecified atom stereocenters. The number of nitrogens with two attached hydrogens (primary N) is 1. The number of aromatic nitrogens is 1. The van der Waals surface area contributed by atoms with E-state index >= 15 is 0 Å². The Morgan fingerprint density at radius 2 is 1.90 bits per heavy atom. The van der Waals surface area contributed by atoms with Crippen LogP contribution in [0, 0.1) is 5.82 Å². The SMILES string of the molecule is NC1=N[C@](CF)(c2cc(Oc3cc(-c4ccccc4)cc(Cl)n3)ccc2F)CCO1. The maximum absolute atomic E-state index is 14.6. The first kappa shape index (κ1) is 20.1. The van der Waals surface area contributed by atoms with Crippen LogP contribution in [0.25, 0.3) is 11.1 Å². The number of halogens is 3. The van der Waals surface area contributed by atoms with Crippen LogP contribution < -0.4 is 10.5 Å². The number of nitrogens with zero attached hydrogens (tertiary/aromatic N) is 2. The Labute approximate surface area is 177 Å². The summed E-state index contributed by atoms with van der Waals surface area (Å²) in [6, 6.07) is 16.9. The van der Waals surface area contributed by atoms with Gasteiger partial charge in [-0.25, -0.2) is 18.8 Å². The van der Waals surface area contributed by atoms with Crippen molar-refractivity contribution in [2.75, 3.05) is 13.3 Å². The third kappa shape index (κ3) is 4.07. The van der Waals surface area contributed by atoms with Gasteiger partial charge in [0, 0.05) is 18.1 Å². The van der Waals surface area contributed by atoms with E-state index in [9.17, 15) is 8.78 Å². The van der Waals surface area contributed by atoms with E-state index in [1.165, 1.54) is 18.2 Å². The van der Waals surface area contributed by atoms with Crippen molar-refractivity contribution >= 4 is 17.6 Å². The normalized spacial score (nSPS) is 18.4. The molecular formula is C22H18ClF2N3O2. The topological polar surface area (TPSA) is 69.7 Å². The van der Waals surface area contributed by atoms with Crippen molar-refractivity contribution in [3.05, 3.63) is 77.2 Å². The van der Waals surface area contributed by atoms with E-state index in [-0.39, 0.29) is 41.4 Å². The number of hydrogen-bond acceptors (Lipinski definition) is 5. The lowest BCUT2D eigenvalue weighted by molar-refractivity contribution is 0.178. The zero-order valence-corrected chi connectivity index (χ0v) is 16.6. The van der Waals surface area contributed by atoms with Crippen LogP contribution in [0.2, 0.25) is 5.15 Å². The molecule has 0 fully saturated rings. The van der Waals surface area contributed by atoms with Gasteiger partial charge in [-0.05, 0) is 35.4 Å². The zero-order chi connectivity index (χ0) is 21.1. The maximum Gasteiger partial charge on any atom is 0.282 e. The predicted molar refractivity (Wildman–Crippen MR) is 111 cm³/mol. The van der Waals surface area contributed by atoms with Crippen molar-refractivity contribution in [1.29, 1.82) is 0 Å². The van der Waals surface area contributed by atoms with Crippen LogP contribution in [0.15, 0.2) is 65.7 Å². The largest absolute Gasteiger partial charge is 0.465 e. The number of benzene rings is 2. The molecule has 5 nitrogen and oxygen atoms in total. The minimum Gasteiger partial charge on any atom is -0.465 e. The van der Waals surface area contributed by atoms with E-state index in [0.717, 1.165) is 11.1 Å². The highest BCUT2D eigenvalue weighted by atomic mass is 35.5. The smallest absolute Gasteiger partial charge is 0.282 e. The molecule has 0 saturated heterocycles. The molecule has 1 aliphatic heterocycles. The highest BCUT2D eigenvalue weighted by Gasteiger charge is 2.38. The van der Waals surface area contributed by atoms with E-state index in [4.69, 9.17) is 26.8 Å². The molecule has 2 N–H and O–H groups in total. The number of pyridine rings is 1. The highest BCUT2D eigenvalue weighted by Crippen LogP contribution is 2.37. The summed E-state index contributed by atoms with van der Waals surface area (Å²) in [7, 11) is 0. The van der Waals surface area contributed by atoms with Gasteiger partial charge in [0.05, 0.1) is 6.61 Å². The van der Waals surface area contributed by atoms with Crippen molar-refractivity contribution in [3.8, 4) is 22.8 Å². The third-order valence-electron chi connectivity index (χ3n) is 4.85. The van der Waals surface area contributed by atoms with Crippen molar-refractivity contribution in [1.82, 2.24) is 4.98 Å². The Kier molecular flexibility index (Phi) is 5.55. The average molecular weight is 430 g/mol. The minimum atomic E-state index is -1.46. The third-order valence-corrected chi connectivity index (χ3v) is 5.04. The molecule has 1 atom stereocenters. The van der Waals surface area contributed by atoms with Gasteiger partial charge in [-0.15, -0.1) is 0 Å². The lowest BCUT2D eigenvalue weighted by atomic mass is 9.87.